The highest BCUT2D eigenvalue weighted by Crippen LogP contribution is 2.27. The second kappa shape index (κ2) is 7.53. The second-order valence-corrected chi connectivity index (χ2v) is 6.14. The van der Waals surface area contributed by atoms with E-state index in [1.54, 1.807) is 24.5 Å². The van der Waals surface area contributed by atoms with Crippen LogP contribution in [0.4, 0.5) is 26.2 Å². The monoisotopic (exact) mass is 369 g/mol. The molecule has 4 rings (SSSR count). The molecule has 1 aliphatic carbocycles. The Balaban J connectivity index is 1.59. The number of aromatic nitrogens is 3. The lowest BCUT2D eigenvalue weighted by Gasteiger charge is -2.12. The minimum absolute atomic E-state index is 0.104. The quantitative estimate of drug-likeness (QED) is 0.641. The van der Waals surface area contributed by atoms with Crippen LogP contribution in [0.1, 0.15) is 12.8 Å². The third-order valence-electron chi connectivity index (χ3n) is 3.96. The van der Waals surface area contributed by atoms with Crippen LogP contribution < -0.4 is 15.4 Å². The van der Waals surface area contributed by atoms with E-state index < -0.39 is 6.61 Å². The zero-order valence-electron chi connectivity index (χ0n) is 14.3. The second-order valence-electron chi connectivity index (χ2n) is 6.14. The molecule has 2 heterocycles. The molecule has 2 N–H and O–H groups in total. The summed E-state index contributed by atoms with van der Waals surface area (Å²) >= 11 is 0. The predicted octanol–water partition coefficient (Wildman–Crippen LogP) is 4.46. The molecule has 2 aromatic heterocycles. The van der Waals surface area contributed by atoms with E-state index in [1.165, 1.54) is 12.1 Å². The van der Waals surface area contributed by atoms with Gasteiger partial charge in [-0.05, 0) is 49.2 Å². The lowest BCUT2D eigenvalue weighted by molar-refractivity contribution is -0.0498. The van der Waals surface area contributed by atoms with Crippen LogP contribution in [0.5, 0.6) is 5.75 Å². The van der Waals surface area contributed by atoms with Gasteiger partial charge in [-0.1, -0.05) is 0 Å². The summed E-state index contributed by atoms with van der Waals surface area (Å²) in [5.41, 5.74) is 2.39. The molecule has 1 aliphatic rings. The van der Waals surface area contributed by atoms with Gasteiger partial charge in [0.15, 0.2) is 0 Å². The summed E-state index contributed by atoms with van der Waals surface area (Å²) in [5, 5.41) is 6.48. The van der Waals surface area contributed by atoms with Crippen molar-refractivity contribution in [2.75, 3.05) is 10.6 Å². The van der Waals surface area contributed by atoms with Crippen LogP contribution in [0.15, 0.2) is 54.9 Å². The lowest BCUT2D eigenvalue weighted by atomic mass is 10.2. The number of anilines is 3. The van der Waals surface area contributed by atoms with E-state index in [-0.39, 0.29) is 5.75 Å². The van der Waals surface area contributed by atoms with E-state index in [1.807, 2.05) is 18.2 Å². The Kier molecular flexibility index (Phi) is 4.78. The number of hydrogen-bond donors (Lipinski definition) is 2. The Morgan fingerprint density at radius 1 is 1.00 bits per heavy atom. The van der Waals surface area contributed by atoms with Gasteiger partial charge >= 0.3 is 6.61 Å². The van der Waals surface area contributed by atoms with Crippen molar-refractivity contribution >= 4 is 17.5 Å². The van der Waals surface area contributed by atoms with Gasteiger partial charge in [-0.2, -0.15) is 13.8 Å². The minimum atomic E-state index is -2.84. The molecule has 27 heavy (non-hydrogen) atoms. The Morgan fingerprint density at radius 3 is 2.41 bits per heavy atom. The van der Waals surface area contributed by atoms with Crippen LogP contribution >= 0.6 is 0 Å². The standard InChI is InChI=1S/C19H17F2N5O/c20-18(21)27-15-5-3-13(4-6-15)23-17-11-16(12-7-9-22-10-8-12)25-19(26-17)24-14-1-2-14/h3-11,14,18H,1-2H2,(H2,23,24,25,26). The maximum Gasteiger partial charge on any atom is 0.387 e. The fourth-order valence-electron chi connectivity index (χ4n) is 2.52. The third-order valence-corrected chi connectivity index (χ3v) is 3.96. The number of halogens is 2. The molecule has 0 spiro atoms. The Labute approximate surface area is 154 Å². The van der Waals surface area contributed by atoms with Crippen molar-refractivity contribution in [3.05, 3.63) is 54.9 Å². The molecule has 0 unspecified atom stereocenters. The first-order valence-corrected chi connectivity index (χ1v) is 8.53. The molecule has 0 atom stereocenters. The number of nitrogens with one attached hydrogen (secondary N) is 2. The first-order valence-electron chi connectivity index (χ1n) is 8.53. The summed E-state index contributed by atoms with van der Waals surface area (Å²) < 4.78 is 28.9. The van der Waals surface area contributed by atoms with E-state index in [0.29, 0.717) is 23.5 Å². The van der Waals surface area contributed by atoms with Crippen molar-refractivity contribution in [3.8, 4) is 17.0 Å². The summed E-state index contributed by atoms with van der Waals surface area (Å²) in [6, 6.07) is 12.3. The highest BCUT2D eigenvalue weighted by Gasteiger charge is 2.22. The van der Waals surface area contributed by atoms with Gasteiger partial charge in [0.2, 0.25) is 5.95 Å². The first kappa shape index (κ1) is 17.1. The fourth-order valence-corrected chi connectivity index (χ4v) is 2.52. The van der Waals surface area contributed by atoms with Gasteiger partial charge in [-0.25, -0.2) is 4.98 Å². The van der Waals surface area contributed by atoms with E-state index in [4.69, 9.17) is 0 Å². The fraction of sp³-hybridized carbons (Fsp3) is 0.211. The molecule has 6 nitrogen and oxygen atoms in total. The molecule has 0 radical (unpaired) electrons. The van der Waals surface area contributed by atoms with E-state index in [2.05, 4.69) is 30.3 Å². The summed E-state index contributed by atoms with van der Waals surface area (Å²) in [4.78, 5) is 13.1. The summed E-state index contributed by atoms with van der Waals surface area (Å²) in [6.45, 7) is -2.84. The number of rotatable bonds is 7. The maximum absolute atomic E-state index is 12.3. The third kappa shape index (κ3) is 4.66. The van der Waals surface area contributed by atoms with Crippen molar-refractivity contribution in [3.63, 3.8) is 0 Å². The molecule has 0 amide bonds. The summed E-state index contributed by atoms with van der Waals surface area (Å²) in [6.07, 6.45) is 5.63. The molecule has 3 aromatic rings. The van der Waals surface area contributed by atoms with Crippen molar-refractivity contribution in [2.45, 2.75) is 25.5 Å². The smallest absolute Gasteiger partial charge is 0.387 e. The Hall–Kier alpha value is -3.29. The highest BCUT2D eigenvalue weighted by molar-refractivity contribution is 5.67. The SMILES string of the molecule is FC(F)Oc1ccc(Nc2cc(-c3ccncc3)nc(NC3CC3)n2)cc1. The molecular formula is C19H17F2N5O. The molecule has 8 heteroatoms. The molecule has 1 aromatic carbocycles. The minimum Gasteiger partial charge on any atom is -0.435 e. The number of benzene rings is 1. The zero-order chi connectivity index (χ0) is 18.6. The number of nitrogens with zero attached hydrogens (tertiary/aromatic N) is 3. The predicted molar refractivity (Wildman–Crippen MR) is 98.3 cm³/mol. The van der Waals surface area contributed by atoms with E-state index in [9.17, 15) is 8.78 Å². The molecule has 1 saturated carbocycles. The summed E-state index contributed by atoms with van der Waals surface area (Å²) in [7, 11) is 0. The number of ether oxygens (including phenoxy) is 1. The normalized spacial score (nSPS) is 13.4. The van der Waals surface area contributed by atoms with Crippen molar-refractivity contribution in [1.82, 2.24) is 15.0 Å². The van der Waals surface area contributed by atoms with Gasteiger partial charge in [-0.15, -0.1) is 0 Å². The molecule has 138 valence electrons. The number of alkyl halides is 2. The molecule has 0 bridgehead atoms. The lowest BCUT2D eigenvalue weighted by Crippen LogP contribution is -2.07. The van der Waals surface area contributed by atoms with Crippen LogP contribution in [0.3, 0.4) is 0 Å². The van der Waals surface area contributed by atoms with Crippen LogP contribution in [0, 0.1) is 0 Å². The maximum atomic E-state index is 12.3. The van der Waals surface area contributed by atoms with Gasteiger partial charge < -0.3 is 15.4 Å². The average molecular weight is 369 g/mol. The van der Waals surface area contributed by atoms with Crippen LogP contribution in [-0.2, 0) is 0 Å². The van der Waals surface area contributed by atoms with Crippen molar-refractivity contribution in [1.29, 1.82) is 0 Å². The largest absolute Gasteiger partial charge is 0.435 e. The Bertz CT molecular complexity index is 902. The Morgan fingerprint density at radius 2 is 1.74 bits per heavy atom. The van der Waals surface area contributed by atoms with Crippen molar-refractivity contribution in [2.24, 2.45) is 0 Å². The summed E-state index contributed by atoms with van der Waals surface area (Å²) in [5.74, 6) is 1.25. The van der Waals surface area contributed by atoms with Gasteiger partial charge in [0.1, 0.15) is 11.6 Å². The van der Waals surface area contributed by atoms with Crippen molar-refractivity contribution < 1.29 is 13.5 Å². The van der Waals surface area contributed by atoms with Crippen LogP contribution in [-0.4, -0.2) is 27.6 Å². The van der Waals surface area contributed by atoms with Crippen LogP contribution in [0.2, 0.25) is 0 Å². The number of pyridine rings is 1. The van der Waals surface area contributed by atoms with E-state index in [0.717, 1.165) is 24.1 Å². The highest BCUT2D eigenvalue weighted by atomic mass is 19.3. The van der Waals surface area contributed by atoms with Gasteiger partial charge in [-0.3, -0.25) is 4.98 Å². The topological polar surface area (TPSA) is 72.0 Å². The molecule has 0 saturated heterocycles. The zero-order valence-corrected chi connectivity index (χ0v) is 14.3. The van der Waals surface area contributed by atoms with Crippen LogP contribution in [0.25, 0.3) is 11.3 Å². The molecular weight excluding hydrogens is 352 g/mol. The average Bonchev–Trinajstić information content (AvgIpc) is 3.47. The van der Waals surface area contributed by atoms with Gasteiger partial charge in [0.25, 0.3) is 0 Å². The van der Waals surface area contributed by atoms with Gasteiger partial charge in [0, 0.05) is 35.8 Å². The van der Waals surface area contributed by atoms with Gasteiger partial charge in [0.05, 0.1) is 5.69 Å². The molecule has 0 aliphatic heterocycles. The number of hydrogen-bond acceptors (Lipinski definition) is 6. The first-order chi connectivity index (χ1) is 13.2. The van der Waals surface area contributed by atoms with E-state index >= 15 is 0 Å². The molecule has 1 fully saturated rings.